The van der Waals surface area contributed by atoms with Crippen molar-refractivity contribution in [1.29, 1.82) is 0 Å². The SMILES string of the molecule is Cc1cc(C)n(C)c(=O)c1C(=O)N(C)Cc1csc(-c2cccs2)n1. The van der Waals surface area contributed by atoms with Gasteiger partial charge >= 0.3 is 0 Å². The predicted molar refractivity (Wildman–Crippen MR) is 102 cm³/mol. The second-order valence-electron chi connectivity index (χ2n) is 5.99. The van der Waals surface area contributed by atoms with Crippen LogP contribution < -0.4 is 5.56 Å². The molecule has 0 aliphatic carbocycles. The lowest BCUT2D eigenvalue weighted by atomic mass is 10.1. The van der Waals surface area contributed by atoms with Crippen molar-refractivity contribution < 1.29 is 4.79 Å². The van der Waals surface area contributed by atoms with E-state index in [1.54, 1.807) is 48.6 Å². The first-order valence-corrected chi connectivity index (χ1v) is 9.55. The smallest absolute Gasteiger partial charge is 0.263 e. The van der Waals surface area contributed by atoms with Crippen LogP contribution in [0.2, 0.25) is 0 Å². The molecule has 25 heavy (non-hydrogen) atoms. The predicted octanol–water partition coefficient (Wildman–Crippen LogP) is 3.46. The minimum absolute atomic E-state index is 0.226. The summed E-state index contributed by atoms with van der Waals surface area (Å²) in [6, 6.07) is 5.88. The molecule has 3 aromatic heterocycles. The molecular weight excluding hydrogens is 354 g/mol. The Labute approximate surface area is 154 Å². The molecule has 7 heteroatoms. The van der Waals surface area contributed by atoms with E-state index in [-0.39, 0.29) is 17.0 Å². The largest absolute Gasteiger partial charge is 0.336 e. The molecule has 3 aromatic rings. The third-order valence-electron chi connectivity index (χ3n) is 4.11. The van der Waals surface area contributed by atoms with Crippen LogP contribution in [0.4, 0.5) is 0 Å². The van der Waals surface area contributed by atoms with E-state index in [2.05, 4.69) is 4.98 Å². The number of thiazole rings is 1. The lowest BCUT2D eigenvalue weighted by molar-refractivity contribution is 0.0780. The number of aromatic nitrogens is 2. The van der Waals surface area contributed by atoms with Crippen molar-refractivity contribution in [2.24, 2.45) is 7.05 Å². The summed E-state index contributed by atoms with van der Waals surface area (Å²) in [6.45, 7) is 4.03. The molecule has 5 nitrogen and oxygen atoms in total. The van der Waals surface area contributed by atoms with Crippen LogP contribution >= 0.6 is 22.7 Å². The van der Waals surface area contributed by atoms with E-state index in [0.29, 0.717) is 12.1 Å². The van der Waals surface area contributed by atoms with Crippen LogP contribution in [-0.4, -0.2) is 27.4 Å². The van der Waals surface area contributed by atoms with Crippen LogP contribution in [-0.2, 0) is 13.6 Å². The fourth-order valence-electron chi connectivity index (χ4n) is 2.64. The Hall–Kier alpha value is -2.25. The molecule has 0 aliphatic rings. The van der Waals surface area contributed by atoms with Crippen molar-refractivity contribution in [2.75, 3.05) is 7.05 Å². The number of pyridine rings is 1. The molecule has 3 rings (SSSR count). The monoisotopic (exact) mass is 373 g/mol. The highest BCUT2D eigenvalue weighted by Gasteiger charge is 2.21. The molecule has 1 amide bonds. The number of carbonyl (C=O) groups is 1. The molecule has 0 saturated heterocycles. The normalized spacial score (nSPS) is 10.9. The molecule has 0 fully saturated rings. The van der Waals surface area contributed by atoms with Gasteiger partial charge in [-0.1, -0.05) is 6.07 Å². The number of amides is 1. The first-order valence-electron chi connectivity index (χ1n) is 7.79. The van der Waals surface area contributed by atoms with Crippen molar-refractivity contribution in [3.63, 3.8) is 0 Å². The number of nitrogens with zero attached hydrogens (tertiary/aromatic N) is 3. The average molecular weight is 374 g/mol. The second-order valence-corrected chi connectivity index (χ2v) is 7.80. The quantitative estimate of drug-likeness (QED) is 0.704. The maximum absolute atomic E-state index is 12.8. The Morgan fingerprint density at radius 2 is 2.08 bits per heavy atom. The Kier molecular flexibility index (Phi) is 4.87. The number of hydrogen-bond acceptors (Lipinski definition) is 5. The molecule has 130 valence electrons. The van der Waals surface area contributed by atoms with E-state index in [1.807, 2.05) is 35.9 Å². The molecule has 0 bridgehead atoms. The zero-order valence-electron chi connectivity index (χ0n) is 14.6. The molecule has 0 atom stereocenters. The Morgan fingerprint density at radius 1 is 1.32 bits per heavy atom. The van der Waals surface area contributed by atoms with Crippen LogP contribution in [0.5, 0.6) is 0 Å². The molecular formula is C18H19N3O2S2. The number of carbonyl (C=O) groups excluding carboxylic acids is 1. The highest BCUT2D eigenvalue weighted by Crippen LogP contribution is 2.28. The zero-order valence-corrected chi connectivity index (χ0v) is 16.2. The Balaban J connectivity index is 1.83. The van der Waals surface area contributed by atoms with Gasteiger partial charge in [0.1, 0.15) is 10.6 Å². The summed E-state index contributed by atoms with van der Waals surface area (Å²) in [6.07, 6.45) is 0. The third kappa shape index (κ3) is 3.43. The zero-order chi connectivity index (χ0) is 18.1. The Morgan fingerprint density at radius 3 is 2.76 bits per heavy atom. The molecule has 0 spiro atoms. The van der Waals surface area contributed by atoms with Gasteiger partial charge in [-0.2, -0.15) is 0 Å². The van der Waals surface area contributed by atoms with Gasteiger partial charge in [-0.3, -0.25) is 9.59 Å². The number of rotatable bonds is 4. The minimum Gasteiger partial charge on any atom is -0.336 e. The highest BCUT2D eigenvalue weighted by atomic mass is 32.1. The summed E-state index contributed by atoms with van der Waals surface area (Å²) in [4.78, 5) is 32.5. The number of thiophene rings is 1. The molecule has 0 aliphatic heterocycles. The minimum atomic E-state index is -0.274. The summed E-state index contributed by atoms with van der Waals surface area (Å²) in [5.41, 5.74) is 2.33. The van der Waals surface area contributed by atoms with Crippen LogP contribution in [0.15, 0.2) is 33.8 Å². The van der Waals surface area contributed by atoms with E-state index >= 15 is 0 Å². The maximum atomic E-state index is 12.8. The third-order valence-corrected chi connectivity index (χ3v) is 6.04. The molecule has 3 heterocycles. The highest BCUT2D eigenvalue weighted by molar-refractivity contribution is 7.20. The molecule has 0 aromatic carbocycles. The fraction of sp³-hybridized carbons (Fsp3) is 0.278. The van der Waals surface area contributed by atoms with Crippen LogP contribution in [0.25, 0.3) is 9.88 Å². The van der Waals surface area contributed by atoms with Gasteiger partial charge in [0.15, 0.2) is 0 Å². The van der Waals surface area contributed by atoms with Gasteiger partial charge in [0.25, 0.3) is 11.5 Å². The summed E-state index contributed by atoms with van der Waals surface area (Å²) >= 11 is 3.20. The van der Waals surface area contributed by atoms with E-state index in [0.717, 1.165) is 21.3 Å². The van der Waals surface area contributed by atoms with E-state index in [9.17, 15) is 9.59 Å². The van der Waals surface area contributed by atoms with Gasteiger partial charge in [0, 0.05) is 25.2 Å². The van der Waals surface area contributed by atoms with Crippen molar-refractivity contribution in [3.8, 4) is 9.88 Å². The first-order chi connectivity index (χ1) is 11.9. The van der Waals surface area contributed by atoms with E-state index in [4.69, 9.17) is 0 Å². The van der Waals surface area contributed by atoms with Crippen molar-refractivity contribution in [2.45, 2.75) is 20.4 Å². The summed E-state index contributed by atoms with van der Waals surface area (Å²) in [5.74, 6) is -0.274. The van der Waals surface area contributed by atoms with Gasteiger partial charge < -0.3 is 9.47 Å². The van der Waals surface area contributed by atoms with Crippen LogP contribution in [0.1, 0.15) is 27.3 Å². The standard InChI is InChI=1S/C18H19N3O2S2/c1-11-8-12(2)21(4)18(23)15(11)17(22)20(3)9-13-10-25-16(19-13)14-6-5-7-24-14/h5-8,10H,9H2,1-4H3. The Bertz CT molecular complexity index is 971. The topological polar surface area (TPSA) is 55.2 Å². The van der Waals surface area contributed by atoms with E-state index < -0.39 is 0 Å². The van der Waals surface area contributed by atoms with Gasteiger partial charge in [-0.05, 0) is 36.9 Å². The van der Waals surface area contributed by atoms with Crippen LogP contribution in [0.3, 0.4) is 0 Å². The van der Waals surface area contributed by atoms with Gasteiger partial charge in [0.05, 0.1) is 17.1 Å². The molecule has 0 saturated carbocycles. The van der Waals surface area contributed by atoms with Crippen molar-refractivity contribution >= 4 is 28.6 Å². The molecule has 0 N–H and O–H groups in total. The summed E-state index contributed by atoms with van der Waals surface area (Å²) in [7, 11) is 3.38. The lowest BCUT2D eigenvalue weighted by Gasteiger charge is -2.18. The molecule has 0 unspecified atom stereocenters. The van der Waals surface area contributed by atoms with Crippen molar-refractivity contribution in [1.82, 2.24) is 14.5 Å². The summed E-state index contributed by atoms with van der Waals surface area (Å²) < 4.78 is 1.51. The van der Waals surface area contributed by atoms with E-state index in [1.165, 1.54) is 4.57 Å². The molecule has 0 radical (unpaired) electrons. The van der Waals surface area contributed by atoms with Gasteiger partial charge in [-0.15, -0.1) is 22.7 Å². The number of aryl methyl sites for hydroxylation is 2. The van der Waals surface area contributed by atoms with Crippen molar-refractivity contribution in [3.05, 3.63) is 61.8 Å². The second kappa shape index (κ2) is 6.93. The van der Waals surface area contributed by atoms with Gasteiger partial charge in [0.2, 0.25) is 0 Å². The summed E-state index contributed by atoms with van der Waals surface area (Å²) in [5, 5.41) is 4.93. The average Bonchev–Trinajstić information content (AvgIpc) is 3.23. The maximum Gasteiger partial charge on any atom is 0.263 e. The first kappa shape index (κ1) is 17.6. The van der Waals surface area contributed by atoms with Crippen LogP contribution in [0, 0.1) is 13.8 Å². The fourth-order valence-corrected chi connectivity index (χ4v) is 4.26. The van der Waals surface area contributed by atoms with Gasteiger partial charge in [-0.25, -0.2) is 4.98 Å². The lowest BCUT2D eigenvalue weighted by Crippen LogP contribution is -2.35. The number of hydrogen-bond donors (Lipinski definition) is 0.